The van der Waals surface area contributed by atoms with Gasteiger partial charge >= 0.3 is 0 Å². The highest BCUT2D eigenvalue weighted by Crippen LogP contribution is 2.30. The molecule has 0 bridgehead atoms. The highest BCUT2D eigenvalue weighted by atomic mass is 35.5. The standard InChI is InChI=1S/C17H14Cl2N4O3S/c1-9(12-6-3-7-26-12)22-23-17-21-16(25)13(27-17)8-14(24)20-11-5-2-4-10(18)15(11)19/h2-7,13H,8H2,1H3,(H,20,24)(H,21,23,25)/b22-9-. The Morgan fingerprint density at radius 2 is 2.15 bits per heavy atom. The van der Waals surface area contributed by atoms with E-state index in [9.17, 15) is 9.59 Å². The van der Waals surface area contributed by atoms with Crippen LogP contribution in [0.3, 0.4) is 0 Å². The van der Waals surface area contributed by atoms with Crippen LogP contribution in [0.2, 0.25) is 10.0 Å². The van der Waals surface area contributed by atoms with Crippen LogP contribution in [0.15, 0.2) is 51.2 Å². The summed E-state index contributed by atoms with van der Waals surface area (Å²) in [5.41, 5.74) is 0.962. The Balaban J connectivity index is 1.60. The van der Waals surface area contributed by atoms with E-state index in [2.05, 4.69) is 20.8 Å². The molecule has 1 aliphatic heterocycles. The summed E-state index contributed by atoms with van der Waals surface area (Å²) in [6, 6.07) is 8.42. The molecule has 27 heavy (non-hydrogen) atoms. The summed E-state index contributed by atoms with van der Waals surface area (Å²) in [5.74, 6) is -0.0803. The van der Waals surface area contributed by atoms with Gasteiger partial charge in [-0.25, -0.2) is 0 Å². The third kappa shape index (κ3) is 4.91. The highest BCUT2D eigenvalue weighted by molar-refractivity contribution is 8.15. The second kappa shape index (κ2) is 8.60. The maximum absolute atomic E-state index is 12.2. The van der Waals surface area contributed by atoms with Crippen LogP contribution in [0, 0.1) is 0 Å². The molecule has 1 aromatic carbocycles. The summed E-state index contributed by atoms with van der Waals surface area (Å²) in [6.07, 6.45) is 1.49. The molecule has 3 rings (SSSR count). The fraction of sp³-hybridized carbons (Fsp3) is 0.176. The predicted octanol–water partition coefficient (Wildman–Crippen LogP) is 3.93. The highest BCUT2D eigenvalue weighted by Gasteiger charge is 2.32. The molecule has 0 aliphatic carbocycles. The van der Waals surface area contributed by atoms with E-state index in [1.165, 1.54) is 6.26 Å². The van der Waals surface area contributed by atoms with E-state index in [0.29, 0.717) is 27.3 Å². The minimum atomic E-state index is -0.610. The monoisotopic (exact) mass is 424 g/mol. The van der Waals surface area contributed by atoms with Crippen molar-refractivity contribution >= 4 is 63.3 Å². The number of nitrogens with one attached hydrogen (secondary N) is 2. The summed E-state index contributed by atoms with van der Waals surface area (Å²) in [5, 5.41) is 13.6. The van der Waals surface area contributed by atoms with Crippen molar-refractivity contribution in [2.24, 2.45) is 10.2 Å². The van der Waals surface area contributed by atoms with E-state index in [1.54, 1.807) is 37.3 Å². The average Bonchev–Trinajstić information content (AvgIpc) is 3.27. The molecule has 1 aromatic heterocycles. The van der Waals surface area contributed by atoms with Crippen molar-refractivity contribution in [3.05, 3.63) is 52.4 Å². The molecule has 1 aliphatic rings. The van der Waals surface area contributed by atoms with E-state index in [1.807, 2.05) is 0 Å². The van der Waals surface area contributed by atoms with Gasteiger partial charge in [0.1, 0.15) is 16.7 Å². The molecule has 2 N–H and O–H groups in total. The van der Waals surface area contributed by atoms with Crippen LogP contribution >= 0.6 is 35.0 Å². The molecule has 0 radical (unpaired) electrons. The second-order valence-electron chi connectivity index (χ2n) is 5.52. The van der Waals surface area contributed by atoms with E-state index in [4.69, 9.17) is 27.6 Å². The minimum Gasteiger partial charge on any atom is -0.463 e. The minimum absolute atomic E-state index is 0.0424. The fourth-order valence-electron chi connectivity index (χ4n) is 2.21. The molecule has 2 heterocycles. The molecule has 10 heteroatoms. The first kappa shape index (κ1) is 19.5. The quantitative estimate of drug-likeness (QED) is 0.561. The molecule has 1 unspecified atom stereocenters. The lowest BCUT2D eigenvalue weighted by Crippen LogP contribution is -2.28. The topological polar surface area (TPSA) is 96.1 Å². The smallest absolute Gasteiger partial charge is 0.240 e. The summed E-state index contributed by atoms with van der Waals surface area (Å²) in [7, 11) is 0. The van der Waals surface area contributed by atoms with Gasteiger partial charge in [-0.1, -0.05) is 41.0 Å². The van der Waals surface area contributed by atoms with Crippen molar-refractivity contribution in [3.63, 3.8) is 0 Å². The van der Waals surface area contributed by atoms with E-state index in [0.717, 1.165) is 11.8 Å². The Labute approximate surface area is 169 Å². The molecule has 1 fully saturated rings. The molecule has 2 amide bonds. The Morgan fingerprint density at radius 3 is 2.89 bits per heavy atom. The lowest BCUT2D eigenvalue weighted by Gasteiger charge is -2.09. The SMILES string of the molecule is C/C(=N/N=C1\NC(=O)C(CC(=O)Nc2cccc(Cl)c2Cl)S1)c1ccco1. The van der Waals surface area contributed by atoms with Crippen molar-refractivity contribution < 1.29 is 14.0 Å². The number of carbonyl (C=O) groups excluding carboxylic acids is 2. The third-order valence-corrected chi connectivity index (χ3v) is 5.43. The first-order valence-corrected chi connectivity index (χ1v) is 9.45. The van der Waals surface area contributed by atoms with Crippen LogP contribution in [0.4, 0.5) is 5.69 Å². The fourth-order valence-corrected chi connectivity index (χ4v) is 3.48. The Hall–Kier alpha value is -2.29. The predicted molar refractivity (Wildman–Crippen MR) is 108 cm³/mol. The molecule has 2 aromatic rings. The average molecular weight is 425 g/mol. The van der Waals surface area contributed by atoms with Crippen molar-refractivity contribution in [2.45, 2.75) is 18.6 Å². The number of halogens is 2. The Bertz CT molecular complexity index is 928. The molecular formula is C17H14Cl2N4O3S. The van der Waals surface area contributed by atoms with Crippen LogP contribution in [0.25, 0.3) is 0 Å². The summed E-state index contributed by atoms with van der Waals surface area (Å²) < 4.78 is 5.21. The number of amidine groups is 1. The van der Waals surface area contributed by atoms with Gasteiger partial charge in [0.15, 0.2) is 5.17 Å². The zero-order valence-corrected chi connectivity index (χ0v) is 16.4. The maximum Gasteiger partial charge on any atom is 0.240 e. The van der Waals surface area contributed by atoms with Gasteiger partial charge in [0, 0.05) is 6.42 Å². The van der Waals surface area contributed by atoms with Gasteiger partial charge < -0.3 is 15.1 Å². The largest absolute Gasteiger partial charge is 0.463 e. The zero-order valence-electron chi connectivity index (χ0n) is 14.0. The van der Waals surface area contributed by atoms with Crippen molar-refractivity contribution in [2.75, 3.05) is 5.32 Å². The van der Waals surface area contributed by atoms with Gasteiger partial charge in [-0.3, -0.25) is 9.59 Å². The van der Waals surface area contributed by atoms with Crippen LogP contribution in [-0.2, 0) is 9.59 Å². The van der Waals surface area contributed by atoms with Crippen LogP contribution in [0.5, 0.6) is 0 Å². The molecular weight excluding hydrogens is 411 g/mol. The second-order valence-corrected chi connectivity index (χ2v) is 7.49. The normalized spacial score (nSPS) is 18.6. The Kier molecular flexibility index (Phi) is 6.20. The first-order chi connectivity index (χ1) is 12.9. The third-order valence-electron chi connectivity index (χ3n) is 3.54. The molecule has 7 nitrogen and oxygen atoms in total. The number of furan rings is 1. The zero-order chi connectivity index (χ0) is 19.4. The van der Waals surface area contributed by atoms with Crippen LogP contribution in [0.1, 0.15) is 19.1 Å². The Morgan fingerprint density at radius 1 is 1.33 bits per heavy atom. The van der Waals surface area contributed by atoms with Gasteiger partial charge in [0.05, 0.1) is 22.0 Å². The van der Waals surface area contributed by atoms with Crippen molar-refractivity contribution in [1.29, 1.82) is 0 Å². The molecule has 0 saturated carbocycles. The number of benzene rings is 1. The maximum atomic E-state index is 12.2. The number of nitrogens with zero attached hydrogens (tertiary/aromatic N) is 2. The number of amides is 2. The summed E-state index contributed by atoms with van der Waals surface area (Å²) in [4.78, 5) is 24.3. The number of thioether (sulfide) groups is 1. The van der Waals surface area contributed by atoms with E-state index < -0.39 is 5.25 Å². The molecule has 140 valence electrons. The molecule has 1 saturated heterocycles. The molecule has 1 atom stereocenters. The van der Waals surface area contributed by atoms with Crippen LogP contribution in [-0.4, -0.2) is 27.9 Å². The van der Waals surface area contributed by atoms with E-state index >= 15 is 0 Å². The number of hydrogen-bond donors (Lipinski definition) is 2. The van der Waals surface area contributed by atoms with E-state index in [-0.39, 0.29) is 23.3 Å². The van der Waals surface area contributed by atoms with Gasteiger partial charge in [0.25, 0.3) is 0 Å². The number of anilines is 1. The number of carbonyl (C=O) groups is 2. The lowest BCUT2D eigenvalue weighted by atomic mass is 10.2. The summed E-state index contributed by atoms with van der Waals surface area (Å²) >= 11 is 13.1. The summed E-state index contributed by atoms with van der Waals surface area (Å²) in [6.45, 7) is 1.74. The van der Waals surface area contributed by atoms with Gasteiger partial charge in [0.2, 0.25) is 11.8 Å². The van der Waals surface area contributed by atoms with Gasteiger partial charge in [-0.05, 0) is 31.2 Å². The molecule has 0 spiro atoms. The van der Waals surface area contributed by atoms with Gasteiger partial charge in [-0.2, -0.15) is 0 Å². The van der Waals surface area contributed by atoms with Crippen molar-refractivity contribution in [1.82, 2.24) is 5.32 Å². The van der Waals surface area contributed by atoms with Gasteiger partial charge in [-0.15, -0.1) is 10.2 Å². The van der Waals surface area contributed by atoms with Crippen molar-refractivity contribution in [3.8, 4) is 0 Å². The van der Waals surface area contributed by atoms with Crippen LogP contribution < -0.4 is 10.6 Å². The number of hydrogen-bond acceptors (Lipinski definition) is 6. The number of rotatable bonds is 5. The first-order valence-electron chi connectivity index (χ1n) is 7.81. The lowest BCUT2D eigenvalue weighted by molar-refractivity contribution is -0.122.